The lowest BCUT2D eigenvalue weighted by Crippen LogP contribution is -2.36. The zero-order valence-electron chi connectivity index (χ0n) is 17.2. The van der Waals surface area contributed by atoms with Crippen LogP contribution in [0.15, 0.2) is 30.3 Å². The Morgan fingerprint density at radius 1 is 1.07 bits per heavy atom. The highest BCUT2D eigenvalue weighted by atomic mass is 16.5. The van der Waals surface area contributed by atoms with Crippen LogP contribution in [0.3, 0.4) is 0 Å². The monoisotopic (exact) mass is 383 g/mol. The molecule has 0 bridgehead atoms. The minimum absolute atomic E-state index is 0.0483. The molecule has 0 atom stereocenters. The number of carbonyl (C=O) groups excluding carboxylic acids is 1. The normalized spacial score (nSPS) is 13.1. The molecule has 0 aromatic heterocycles. The Morgan fingerprint density at radius 3 is 2.57 bits per heavy atom. The van der Waals surface area contributed by atoms with Crippen LogP contribution in [0.2, 0.25) is 0 Å². The lowest BCUT2D eigenvalue weighted by atomic mass is 9.95. The second-order valence-electron chi connectivity index (χ2n) is 6.92. The van der Waals surface area contributed by atoms with E-state index < -0.39 is 0 Å². The summed E-state index contributed by atoms with van der Waals surface area (Å²) in [6.07, 6.45) is 2.80. The van der Waals surface area contributed by atoms with Gasteiger partial charge in [0.2, 0.25) is 0 Å². The van der Waals surface area contributed by atoms with E-state index in [9.17, 15) is 4.79 Å². The molecule has 0 aliphatic carbocycles. The van der Waals surface area contributed by atoms with Crippen molar-refractivity contribution in [1.82, 2.24) is 0 Å². The molecule has 3 rings (SSSR count). The van der Waals surface area contributed by atoms with Crippen molar-refractivity contribution < 1.29 is 19.0 Å². The van der Waals surface area contributed by atoms with Crippen molar-refractivity contribution in [3.8, 4) is 17.2 Å². The maximum atomic E-state index is 13.4. The third-order valence-corrected chi connectivity index (χ3v) is 4.98. The molecule has 0 fully saturated rings. The van der Waals surface area contributed by atoms with Crippen molar-refractivity contribution in [2.75, 3.05) is 31.8 Å². The predicted octanol–water partition coefficient (Wildman–Crippen LogP) is 4.78. The standard InChI is InChI=1S/C23H29NO4/c1-5-14-28-19-12-10-17(15-21(19)27-6-2)23(25)24-13-7-8-18-16(3)9-11-20(26-4)22(18)24/h9-12,15H,5-8,13-14H2,1-4H3. The smallest absolute Gasteiger partial charge is 0.258 e. The number of hydrogen-bond donors (Lipinski definition) is 0. The first kappa shape index (κ1) is 20.1. The van der Waals surface area contributed by atoms with Gasteiger partial charge in [-0.2, -0.15) is 0 Å². The van der Waals surface area contributed by atoms with Gasteiger partial charge in [0.05, 0.1) is 26.0 Å². The van der Waals surface area contributed by atoms with E-state index in [1.807, 2.05) is 30.0 Å². The quantitative estimate of drug-likeness (QED) is 0.690. The fraction of sp³-hybridized carbons (Fsp3) is 0.435. The van der Waals surface area contributed by atoms with Gasteiger partial charge in [-0.3, -0.25) is 4.79 Å². The third-order valence-electron chi connectivity index (χ3n) is 4.98. The molecule has 1 aliphatic heterocycles. The van der Waals surface area contributed by atoms with Crippen LogP contribution in [0.4, 0.5) is 5.69 Å². The number of hydrogen-bond acceptors (Lipinski definition) is 4. The second-order valence-corrected chi connectivity index (χ2v) is 6.92. The summed E-state index contributed by atoms with van der Waals surface area (Å²) in [5.41, 5.74) is 3.85. The molecule has 1 aliphatic rings. The average Bonchev–Trinajstić information content (AvgIpc) is 2.72. The molecule has 5 nitrogen and oxygen atoms in total. The number of ether oxygens (including phenoxy) is 3. The van der Waals surface area contributed by atoms with E-state index in [0.717, 1.165) is 30.7 Å². The maximum absolute atomic E-state index is 13.4. The number of benzene rings is 2. The summed E-state index contributed by atoms with van der Waals surface area (Å²) in [5, 5.41) is 0. The number of nitrogens with zero attached hydrogens (tertiary/aromatic N) is 1. The Hall–Kier alpha value is -2.69. The van der Waals surface area contributed by atoms with E-state index in [4.69, 9.17) is 14.2 Å². The fourth-order valence-electron chi connectivity index (χ4n) is 3.62. The fourth-order valence-corrected chi connectivity index (χ4v) is 3.62. The number of fused-ring (bicyclic) bond motifs is 1. The van der Waals surface area contributed by atoms with Crippen LogP contribution in [-0.2, 0) is 6.42 Å². The molecule has 5 heteroatoms. The molecule has 0 radical (unpaired) electrons. The van der Waals surface area contributed by atoms with Gasteiger partial charge in [0.15, 0.2) is 11.5 Å². The van der Waals surface area contributed by atoms with Crippen molar-refractivity contribution in [3.05, 3.63) is 47.0 Å². The highest BCUT2D eigenvalue weighted by Gasteiger charge is 2.28. The number of amides is 1. The first-order valence-electron chi connectivity index (χ1n) is 9.98. The van der Waals surface area contributed by atoms with Crippen LogP contribution >= 0.6 is 0 Å². The van der Waals surface area contributed by atoms with Crippen molar-refractivity contribution in [1.29, 1.82) is 0 Å². The van der Waals surface area contributed by atoms with Crippen LogP contribution < -0.4 is 19.1 Å². The Morgan fingerprint density at radius 2 is 1.86 bits per heavy atom. The van der Waals surface area contributed by atoms with Crippen LogP contribution in [0.5, 0.6) is 17.2 Å². The zero-order chi connectivity index (χ0) is 20.1. The molecule has 28 heavy (non-hydrogen) atoms. The van der Waals surface area contributed by atoms with Crippen molar-refractivity contribution in [3.63, 3.8) is 0 Å². The molecule has 0 saturated carbocycles. The largest absolute Gasteiger partial charge is 0.495 e. The SMILES string of the molecule is CCCOc1ccc(C(=O)N2CCCc3c(C)ccc(OC)c32)cc1OCC. The molecule has 2 aromatic carbocycles. The molecular weight excluding hydrogens is 354 g/mol. The molecule has 1 heterocycles. The summed E-state index contributed by atoms with van der Waals surface area (Å²) in [7, 11) is 1.65. The van der Waals surface area contributed by atoms with E-state index in [-0.39, 0.29) is 5.91 Å². The van der Waals surface area contributed by atoms with Gasteiger partial charge in [0.1, 0.15) is 5.75 Å². The van der Waals surface area contributed by atoms with Crippen LogP contribution in [0.25, 0.3) is 0 Å². The first-order chi connectivity index (χ1) is 13.6. The van der Waals surface area contributed by atoms with Gasteiger partial charge in [-0.05, 0) is 68.5 Å². The third kappa shape index (κ3) is 3.93. The molecule has 0 spiro atoms. The van der Waals surface area contributed by atoms with E-state index in [2.05, 4.69) is 19.9 Å². The number of anilines is 1. The van der Waals surface area contributed by atoms with E-state index in [1.54, 1.807) is 13.2 Å². The number of methoxy groups -OCH3 is 1. The predicted molar refractivity (Wildman–Crippen MR) is 111 cm³/mol. The summed E-state index contributed by atoms with van der Waals surface area (Å²) in [6.45, 7) is 7.86. The lowest BCUT2D eigenvalue weighted by molar-refractivity contribution is 0.0984. The highest BCUT2D eigenvalue weighted by molar-refractivity contribution is 6.08. The van der Waals surface area contributed by atoms with Crippen molar-refractivity contribution in [2.24, 2.45) is 0 Å². The van der Waals surface area contributed by atoms with Crippen LogP contribution in [0.1, 0.15) is 48.2 Å². The molecule has 0 N–H and O–H groups in total. The number of rotatable bonds is 7. The Kier molecular flexibility index (Phi) is 6.45. The number of aryl methyl sites for hydroxylation is 1. The lowest BCUT2D eigenvalue weighted by Gasteiger charge is -2.32. The van der Waals surface area contributed by atoms with Gasteiger partial charge >= 0.3 is 0 Å². The highest BCUT2D eigenvalue weighted by Crippen LogP contribution is 2.39. The van der Waals surface area contributed by atoms with E-state index in [0.29, 0.717) is 36.8 Å². The summed E-state index contributed by atoms with van der Waals surface area (Å²) in [5.74, 6) is 1.97. The van der Waals surface area contributed by atoms with E-state index in [1.165, 1.54) is 11.1 Å². The molecule has 0 unspecified atom stereocenters. The summed E-state index contributed by atoms with van der Waals surface area (Å²) in [4.78, 5) is 15.2. The molecule has 0 saturated heterocycles. The Bertz CT molecular complexity index is 847. The van der Waals surface area contributed by atoms with Gasteiger partial charge in [-0.15, -0.1) is 0 Å². The molecule has 1 amide bonds. The summed E-state index contributed by atoms with van der Waals surface area (Å²) in [6, 6.07) is 9.41. The van der Waals surface area contributed by atoms with Gasteiger partial charge in [-0.25, -0.2) is 0 Å². The minimum atomic E-state index is -0.0483. The Labute approximate surface area is 167 Å². The Balaban J connectivity index is 1.97. The topological polar surface area (TPSA) is 48.0 Å². The molecular formula is C23H29NO4. The summed E-state index contributed by atoms with van der Waals surface area (Å²) >= 11 is 0. The van der Waals surface area contributed by atoms with Gasteiger partial charge in [-0.1, -0.05) is 13.0 Å². The maximum Gasteiger partial charge on any atom is 0.258 e. The van der Waals surface area contributed by atoms with Crippen LogP contribution in [0, 0.1) is 6.92 Å². The van der Waals surface area contributed by atoms with Gasteiger partial charge in [0, 0.05) is 12.1 Å². The number of carbonyl (C=O) groups is 1. The molecule has 2 aromatic rings. The van der Waals surface area contributed by atoms with E-state index >= 15 is 0 Å². The van der Waals surface area contributed by atoms with Gasteiger partial charge in [0.25, 0.3) is 5.91 Å². The second kappa shape index (κ2) is 9.00. The zero-order valence-corrected chi connectivity index (χ0v) is 17.2. The summed E-state index contributed by atoms with van der Waals surface area (Å²) < 4.78 is 17.1. The van der Waals surface area contributed by atoms with Gasteiger partial charge < -0.3 is 19.1 Å². The minimum Gasteiger partial charge on any atom is -0.495 e. The first-order valence-corrected chi connectivity index (χ1v) is 9.98. The average molecular weight is 383 g/mol. The van der Waals surface area contributed by atoms with Crippen molar-refractivity contribution >= 4 is 11.6 Å². The van der Waals surface area contributed by atoms with Crippen LogP contribution in [-0.4, -0.2) is 32.8 Å². The molecule has 150 valence electrons. The van der Waals surface area contributed by atoms with Crippen molar-refractivity contribution in [2.45, 2.75) is 40.0 Å².